The van der Waals surface area contributed by atoms with Crippen molar-refractivity contribution in [1.29, 1.82) is 0 Å². The molecule has 0 spiro atoms. The molecule has 1 heterocycles. The zero-order chi connectivity index (χ0) is 20.0. The lowest BCUT2D eigenvalue weighted by Gasteiger charge is -2.35. The molecule has 11 heteroatoms. The van der Waals surface area contributed by atoms with Crippen molar-refractivity contribution < 1.29 is 31.9 Å². The topological polar surface area (TPSA) is 61.9 Å². The quantitative estimate of drug-likeness (QED) is 0.756. The van der Waals surface area contributed by atoms with E-state index < -0.39 is 37.1 Å². The number of rotatable bonds is 5. The largest absolute Gasteiger partial charge is 0.440 e. The number of alkyl carbamates (subject to hydrolysis) is 1. The predicted octanol–water partition coefficient (Wildman–Crippen LogP) is 2.41. The van der Waals surface area contributed by atoms with Crippen LogP contribution in [-0.4, -0.2) is 67.3 Å². The second kappa shape index (κ2) is 9.23. The van der Waals surface area contributed by atoms with Gasteiger partial charge >= 0.3 is 12.3 Å². The molecule has 0 aliphatic carbocycles. The van der Waals surface area contributed by atoms with Crippen molar-refractivity contribution in [2.45, 2.75) is 12.7 Å². The highest BCUT2D eigenvalue weighted by Crippen LogP contribution is 2.21. The number of benzene rings is 1. The minimum atomic E-state index is -4.63. The van der Waals surface area contributed by atoms with Gasteiger partial charge in [0.25, 0.3) is 0 Å². The molecule has 1 aliphatic heterocycles. The summed E-state index contributed by atoms with van der Waals surface area (Å²) < 4.78 is 53.6. The van der Waals surface area contributed by atoms with Crippen LogP contribution in [0.3, 0.4) is 0 Å². The Morgan fingerprint density at radius 1 is 1.19 bits per heavy atom. The maximum atomic E-state index is 13.8. The molecule has 2 rings (SSSR count). The lowest BCUT2D eigenvalue weighted by Crippen LogP contribution is -2.51. The molecule has 1 fully saturated rings. The summed E-state index contributed by atoms with van der Waals surface area (Å²) in [6.45, 7) is -0.270. The molecule has 1 N–H and O–H groups in total. The second-order valence-corrected chi connectivity index (χ2v) is 6.31. The van der Waals surface area contributed by atoms with Gasteiger partial charge < -0.3 is 15.0 Å². The third-order valence-electron chi connectivity index (χ3n) is 3.92. The predicted molar refractivity (Wildman–Crippen MR) is 88.7 cm³/mol. The summed E-state index contributed by atoms with van der Waals surface area (Å²) in [5, 5.41) is 2.31. The first kappa shape index (κ1) is 21.2. The van der Waals surface area contributed by atoms with Gasteiger partial charge in [-0.2, -0.15) is 13.2 Å². The normalized spacial score (nSPS) is 15.5. The van der Waals surface area contributed by atoms with E-state index in [1.807, 2.05) is 10.2 Å². The van der Waals surface area contributed by atoms with Crippen LogP contribution in [0.25, 0.3) is 0 Å². The van der Waals surface area contributed by atoms with Crippen molar-refractivity contribution >= 4 is 23.6 Å². The van der Waals surface area contributed by atoms with Crippen LogP contribution in [0.2, 0.25) is 5.02 Å². The number of halogens is 5. The smallest absolute Gasteiger partial charge is 0.422 e. The van der Waals surface area contributed by atoms with Crippen LogP contribution in [0.1, 0.15) is 5.56 Å². The average Bonchev–Trinajstić information content (AvgIpc) is 2.61. The molecular weight excluding hydrogens is 394 g/mol. The molecule has 0 aromatic heterocycles. The Bertz CT molecular complexity index is 659. The van der Waals surface area contributed by atoms with Gasteiger partial charge in [-0.25, -0.2) is 9.18 Å². The summed E-state index contributed by atoms with van der Waals surface area (Å²) in [6, 6.07) is 4.44. The number of amides is 2. The number of carbonyl (C=O) groups is 2. The zero-order valence-electron chi connectivity index (χ0n) is 14.2. The van der Waals surface area contributed by atoms with Crippen LogP contribution in [0.5, 0.6) is 0 Å². The van der Waals surface area contributed by atoms with Crippen LogP contribution in [0.4, 0.5) is 22.4 Å². The molecular formula is C16H18ClF4N3O3. The van der Waals surface area contributed by atoms with Gasteiger partial charge in [0, 0.05) is 43.3 Å². The van der Waals surface area contributed by atoms with Gasteiger partial charge in [-0.3, -0.25) is 9.69 Å². The maximum Gasteiger partial charge on any atom is 0.422 e. The average molecular weight is 412 g/mol. The number of alkyl halides is 3. The molecule has 0 radical (unpaired) electrons. The number of nitrogens with one attached hydrogen (secondary N) is 1. The molecule has 1 aromatic rings. The molecule has 27 heavy (non-hydrogen) atoms. The number of nitrogens with zero attached hydrogens (tertiary/aromatic N) is 2. The standard InChI is InChI=1S/C16H18ClF4N3O3/c17-12-2-1-3-13(18)11(12)9-23-4-6-24(7-5-23)14(25)8-22-15(26)27-10-16(19,20)21/h1-3H,4-10H2,(H,22,26). The highest BCUT2D eigenvalue weighted by molar-refractivity contribution is 6.31. The van der Waals surface area contributed by atoms with Crippen LogP contribution < -0.4 is 5.32 Å². The first-order valence-electron chi connectivity index (χ1n) is 8.06. The molecule has 1 aromatic carbocycles. The van der Waals surface area contributed by atoms with E-state index in [2.05, 4.69) is 4.74 Å². The Labute approximate surface area is 158 Å². The lowest BCUT2D eigenvalue weighted by molar-refractivity contribution is -0.160. The molecule has 1 saturated heterocycles. The van der Waals surface area contributed by atoms with E-state index in [0.717, 1.165) is 0 Å². The number of carbonyl (C=O) groups excluding carboxylic acids is 2. The molecule has 0 bridgehead atoms. The van der Waals surface area contributed by atoms with Crippen LogP contribution in [0, 0.1) is 5.82 Å². The van der Waals surface area contributed by atoms with Crippen LogP contribution >= 0.6 is 11.6 Å². The van der Waals surface area contributed by atoms with Gasteiger partial charge in [0.15, 0.2) is 6.61 Å². The molecule has 2 amide bonds. The van der Waals surface area contributed by atoms with E-state index >= 15 is 0 Å². The molecule has 0 atom stereocenters. The minimum Gasteiger partial charge on any atom is -0.440 e. The van der Waals surface area contributed by atoms with E-state index in [1.54, 1.807) is 6.07 Å². The van der Waals surface area contributed by atoms with Gasteiger partial charge in [0.1, 0.15) is 12.4 Å². The van der Waals surface area contributed by atoms with Crippen molar-refractivity contribution in [3.8, 4) is 0 Å². The van der Waals surface area contributed by atoms with Crippen molar-refractivity contribution in [3.63, 3.8) is 0 Å². The summed E-state index contributed by atoms with van der Waals surface area (Å²) in [5.74, 6) is -0.842. The van der Waals surface area contributed by atoms with Crippen molar-refractivity contribution in [1.82, 2.24) is 15.1 Å². The number of hydrogen-bond donors (Lipinski definition) is 1. The number of ether oxygens (including phenoxy) is 1. The molecule has 150 valence electrons. The SMILES string of the molecule is O=C(NCC(=O)N1CCN(Cc2c(F)cccc2Cl)CC1)OCC(F)(F)F. The monoisotopic (exact) mass is 411 g/mol. The van der Waals surface area contributed by atoms with Gasteiger partial charge in [-0.05, 0) is 12.1 Å². The van der Waals surface area contributed by atoms with Gasteiger partial charge in [0.05, 0.1) is 0 Å². The van der Waals surface area contributed by atoms with Gasteiger partial charge in [-0.1, -0.05) is 17.7 Å². The first-order chi connectivity index (χ1) is 12.7. The Kier molecular flexibility index (Phi) is 7.25. The lowest BCUT2D eigenvalue weighted by atomic mass is 10.2. The highest BCUT2D eigenvalue weighted by Gasteiger charge is 2.30. The van der Waals surface area contributed by atoms with E-state index in [9.17, 15) is 27.2 Å². The molecule has 0 saturated carbocycles. The fourth-order valence-corrected chi connectivity index (χ4v) is 2.74. The summed E-state index contributed by atoms with van der Waals surface area (Å²) in [7, 11) is 0. The Balaban J connectivity index is 1.73. The molecule has 0 unspecified atom stereocenters. The summed E-state index contributed by atoms with van der Waals surface area (Å²) in [6.07, 6.45) is -5.94. The van der Waals surface area contributed by atoms with Gasteiger partial charge in [0.2, 0.25) is 5.91 Å². The van der Waals surface area contributed by atoms with E-state index in [1.165, 1.54) is 17.0 Å². The molecule has 6 nitrogen and oxygen atoms in total. The van der Waals surface area contributed by atoms with E-state index in [-0.39, 0.29) is 0 Å². The summed E-state index contributed by atoms with van der Waals surface area (Å²) in [4.78, 5) is 26.5. The Morgan fingerprint density at radius 2 is 1.85 bits per heavy atom. The molecule has 1 aliphatic rings. The zero-order valence-corrected chi connectivity index (χ0v) is 14.9. The van der Waals surface area contributed by atoms with Crippen molar-refractivity contribution in [2.24, 2.45) is 0 Å². The van der Waals surface area contributed by atoms with Crippen molar-refractivity contribution in [2.75, 3.05) is 39.3 Å². The fourth-order valence-electron chi connectivity index (χ4n) is 2.52. The maximum absolute atomic E-state index is 13.8. The Morgan fingerprint density at radius 3 is 2.44 bits per heavy atom. The van der Waals surface area contributed by atoms with Crippen LogP contribution in [0.15, 0.2) is 18.2 Å². The third-order valence-corrected chi connectivity index (χ3v) is 4.27. The van der Waals surface area contributed by atoms with E-state index in [4.69, 9.17) is 11.6 Å². The number of hydrogen-bond acceptors (Lipinski definition) is 4. The van der Waals surface area contributed by atoms with Gasteiger partial charge in [-0.15, -0.1) is 0 Å². The number of piperazine rings is 1. The van der Waals surface area contributed by atoms with Crippen LogP contribution in [-0.2, 0) is 16.1 Å². The third kappa shape index (κ3) is 6.87. The Hall–Kier alpha value is -2.07. The second-order valence-electron chi connectivity index (χ2n) is 5.90. The fraction of sp³-hybridized carbons (Fsp3) is 0.500. The minimum absolute atomic E-state index is 0.301. The van der Waals surface area contributed by atoms with E-state index in [0.29, 0.717) is 43.3 Å². The first-order valence-corrected chi connectivity index (χ1v) is 8.44. The summed E-state index contributed by atoms with van der Waals surface area (Å²) in [5.41, 5.74) is 0.382. The van der Waals surface area contributed by atoms with Crippen molar-refractivity contribution in [3.05, 3.63) is 34.6 Å². The summed E-state index contributed by atoms with van der Waals surface area (Å²) >= 11 is 6.00. The highest BCUT2D eigenvalue weighted by atomic mass is 35.5.